The van der Waals surface area contributed by atoms with Crippen LogP contribution in [0.25, 0.3) is 11.4 Å². The number of amides is 1. The van der Waals surface area contributed by atoms with Crippen LogP contribution in [0.1, 0.15) is 32.2 Å². The minimum absolute atomic E-state index is 0.0523. The summed E-state index contributed by atoms with van der Waals surface area (Å²) in [6.07, 6.45) is -4.67. The average Bonchev–Trinajstić information content (AvgIpc) is 3.07. The Balaban J connectivity index is 1.65. The highest BCUT2D eigenvalue weighted by Crippen LogP contribution is 2.29. The maximum Gasteiger partial charge on any atom is 0.471 e. The standard InChI is InChI=1S/C18H21F3N4O2/c1-17(2,3)25-9-8-24(14(26)11-25)10-12-4-6-13(7-5-12)15-22-16(27-23-15)18(19,20)21/h4-7H,8-11H2,1-3H3. The van der Waals surface area contributed by atoms with Gasteiger partial charge in [-0.2, -0.15) is 18.2 Å². The summed E-state index contributed by atoms with van der Waals surface area (Å²) in [6.45, 7) is 8.51. The molecule has 1 aromatic carbocycles. The van der Waals surface area contributed by atoms with Gasteiger partial charge in [0.1, 0.15) is 0 Å². The molecular weight excluding hydrogens is 361 g/mol. The molecular formula is C18H21F3N4O2. The van der Waals surface area contributed by atoms with Gasteiger partial charge in [0.2, 0.25) is 11.7 Å². The quantitative estimate of drug-likeness (QED) is 0.816. The van der Waals surface area contributed by atoms with E-state index in [1.165, 1.54) is 0 Å². The maximum absolute atomic E-state index is 12.5. The van der Waals surface area contributed by atoms with Crippen LogP contribution in [-0.4, -0.2) is 51.0 Å². The normalized spacial score (nSPS) is 16.8. The van der Waals surface area contributed by atoms with Gasteiger partial charge in [0.05, 0.1) is 6.54 Å². The Morgan fingerprint density at radius 2 is 1.78 bits per heavy atom. The second-order valence-corrected chi connectivity index (χ2v) is 7.53. The molecule has 0 N–H and O–H groups in total. The number of benzene rings is 1. The molecule has 1 aliphatic heterocycles. The summed E-state index contributed by atoms with van der Waals surface area (Å²) in [4.78, 5) is 19.7. The monoisotopic (exact) mass is 382 g/mol. The van der Waals surface area contributed by atoms with E-state index in [1.807, 2.05) is 0 Å². The van der Waals surface area contributed by atoms with Gasteiger partial charge in [0.15, 0.2) is 0 Å². The number of carbonyl (C=O) groups excluding carboxylic acids is 1. The lowest BCUT2D eigenvalue weighted by atomic mass is 10.0. The Morgan fingerprint density at radius 3 is 2.30 bits per heavy atom. The summed E-state index contributed by atoms with van der Waals surface area (Å²) in [5.74, 6) is -1.43. The number of nitrogens with zero attached hydrogens (tertiary/aromatic N) is 4. The molecule has 0 saturated carbocycles. The Hall–Kier alpha value is -2.42. The minimum Gasteiger partial charge on any atom is -0.336 e. The third-order valence-corrected chi connectivity index (χ3v) is 4.52. The van der Waals surface area contributed by atoms with Gasteiger partial charge in [0.25, 0.3) is 0 Å². The Kier molecular flexibility index (Phi) is 4.98. The summed E-state index contributed by atoms with van der Waals surface area (Å²) >= 11 is 0. The number of hydrogen-bond acceptors (Lipinski definition) is 5. The van der Waals surface area contributed by atoms with E-state index in [0.29, 0.717) is 25.2 Å². The van der Waals surface area contributed by atoms with Gasteiger partial charge < -0.3 is 9.42 Å². The summed E-state index contributed by atoms with van der Waals surface area (Å²) in [7, 11) is 0. The van der Waals surface area contributed by atoms with Crippen LogP contribution >= 0.6 is 0 Å². The van der Waals surface area contributed by atoms with Gasteiger partial charge in [-0.15, -0.1) is 0 Å². The molecule has 6 nitrogen and oxygen atoms in total. The van der Waals surface area contributed by atoms with Crippen molar-refractivity contribution in [2.75, 3.05) is 19.6 Å². The number of carbonyl (C=O) groups is 1. The van der Waals surface area contributed by atoms with Crippen molar-refractivity contribution in [1.29, 1.82) is 0 Å². The van der Waals surface area contributed by atoms with E-state index in [1.54, 1.807) is 29.2 Å². The fraction of sp³-hybridized carbons (Fsp3) is 0.500. The molecule has 0 spiro atoms. The van der Waals surface area contributed by atoms with Gasteiger partial charge in [0, 0.05) is 30.7 Å². The van der Waals surface area contributed by atoms with Crippen LogP contribution in [0.3, 0.4) is 0 Å². The number of piperazine rings is 1. The van der Waals surface area contributed by atoms with E-state index in [2.05, 4.69) is 40.3 Å². The zero-order valence-electron chi connectivity index (χ0n) is 15.4. The highest BCUT2D eigenvalue weighted by atomic mass is 19.4. The SMILES string of the molecule is CC(C)(C)N1CCN(Cc2ccc(-c3noc(C(F)(F)F)n3)cc2)C(=O)C1. The summed E-state index contributed by atoms with van der Waals surface area (Å²) in [6, 6.07) is 6.75. The first-order valence-electron chi connectivity index (χ1n) is 8.57. The van der Waals surface area contributed by atoms with E-state index in [0.717, 1.165) is 12.1 Å². The predicted octanol–water partition coefficient (Wildman–Crippen LogP) is 3.20. The Bertz CT molecular complexity index is 809. The number of halogens is 3. The molecule has 1 aliphatic rings. The number of alkyl halides is 3. The lowest BCUT2D eigenvalue weighted by molar-refractivity contribution is -0.159. The molecule has 27 heavy (non-hydrogen) atoms. The maximum atomic E-state index is 12.5. The van der Waals surface area contributed by atoms with Crippen LogP contribution in [0.4, 0.5) is 13.2 Å². The highest BCUT2D eigenvalue weighted by Gasteiger charge is 2.38. The Morgan fingerprint density at radius 1 is 1.11 bits per heavy atom. The number of rotatable bonds is 3. The molecule has 146 valence electrons. The first kappa shape index (κ1) is 19.3. The molecule has 1 fully saturated rings. The number of aromatic nitrogens is 2. The van der Waals surface area contributed by atoms with E-state index < -0.39 is 12.1 Å². The molecule has 2 heterocycles. The lowest BCUT2D eigenvalue weighted by Gasteiger charge is -2.41. The van der Waals surface area contributed by atoms with Crippen molar-refractivity contribution >= 4 is 5.91 Å². The zero-order valence-corrected chi connectivity index (χ0v) is 15.4. The largest absolute Gasteiger partial charge is 0.471 e. The van der Waals surface area contributed by atoms with Crippen LogP contribution in [0.5, 0.6) is 0 Å². The van der Waals surface area contributed by atoms with Crippen molar-refractivity contribution in [3.8, 4) is 11.4 Å². The molecule has 1 amide bonds. The molecule has 0 bridgehead atoms. The van der Waals surface area contributed by atoms with Gasteiger partial charge >= 0.3 is 12.1 Å². The second kappa shape index (κ2) is 6.95. The van der Waals surface area contributed by atoms with Crippen LogP contribution in [0, 0.1) is 0 Å². The third kappa shape index (κ3) is 4.47. The highest BCUT2D eigenvalue weighted by molar-refractivity contribution is 5.79. The zero-order chi connectivity index (χ0) is 19.8. The minimum atomic E-state index is -4.67. The average molecular weight is 382 g/mol. The van der Waals surface area contributed by atoms with Crippen molar-refractivity contribution in [2.45, 2.75) is 39.0 Å². The van der Waals surface area contributed by atoms with E-state index >= 15 is 0 Å². The first-order chi connectivity index (χ1) is 12.5. The topological polar surface area (TPSA) is 62.5 Å². The van der Waals surface area contributed by atoms with E-state index in [9.17, 15) is 18.0 Å². The fourth-order valence-electron chi connectivity index (χ4n) is 2.88. The van der Waals surface area contributed by atoms with Crippen molar-refractivity contribution in [3.05, 3.63) is 35.7 Å². The van der Waals surface area contributed by atoms with Gasteiger partial charge in [-0.1, -0.05) is 29.4 Å². The van der Waals surface area contributed by atoms with Crippen LogP contribution in [0.15, 0.2) is 28.8 Å². The van der Waals surface area contributed by atoms with Crippen LogP contribution < -0.4 is 0 Å². The molecule has 0 aliphatic carbocycles. The lowest BCUT2D eigenvalue weighted by Crippen LogP contribution is -2.55. The van der Waals surface area contributed by atoms with Crippen molar-refractivity contribution in [1.82, 2.24) is 19.9 Å². The second-order valence-electron chi connectivity index (χ2n) is 7.53. The van der Waals surface area contributed by atoms with Crippen LogP contribution in [-0.2, 0) is 17.5 Å². The van der Waals surface area contributed by atoms with Crippen molar-refractivity contribution in [3.63, 3.8) is 0 Å². The van der Waals surface area contributed by atoms with Gasteiger partial charge in [-0.05, 0) is 26.3 Å². The van der Waals surface area contributed by atoms with Crippen molar-refractivity contribution < 1.29 is 22.5 Å². The third-order valence-electron chi connectivity index (χ3n) is 4.52. The molecule has 0 atom stereocenters. The molecule has 1 aromatic heterocycles. The predicted molar refractivity (Wildman–Crippen MR) is 91.5 cm³/mol. The smallest absolute Gasteiger partial charge is 0.336 e. The first-order valence-corrected chi connectivity index (χ1v) is 8.57. The molecule has 1 saturated heterocycles. The summed E-state index contributed by atoms with van der Waals surface area (Å²) < 4.78 is 41.9. The van der Waals surface area contributed by atoms with E-state index in [-0.39, 0.29) is 17.3 Å². The van der Waals surface area contributed by atoms with Gasteiger partial charge in [-0.25, -0.2) is 0 Å². The van der Waals surface area contributed by atoms with Crippen LogP contribution in [0.2, 0.25) is 0 Å². The molecule has 3 rings (SSSR count). The fourth-order valence-corrected chi connectivity index (χ4v) is 2.88. The molecule has 0 radical (unpaired) electrons. The van der Waals surface area contributed by atoms with Gasteiger partial charge in [-0.3, -0.25) is 9.69 Å². The molecule has 2 aromatic rings. The summed E-state index contributed by atoms with van der Waals surface area (Å²) in [5.41, 5.74) is 1.25. The molecule has 0 unspecified atom stereocenters. The summed E-state index contributed by atoms with van der Waals surface area (Å²) in [5, 5.41) is 3.37. The van der Waals surface area contributed by atoms with Crippen molar-refractivity contribution in [2.24, 2.45) is 0 Å². The number of hydrogen-bond donors (Lipinski definition) is 0. The van der Waals surface area contributed by atoms with E-state index in [4.69, 9.17) is 0 Å². The molecule has 9 heteroatoms. The Labute approximate surface area is 154 Å².